The summed E-state index contributed by atoms with van der Waals surface area (Å²) < 4.78 is 4.38. The molecule has 62 valence electrons. The molecule has 0 bridgehead atoms. The SMILES string of the molecule is CC1OC(=O)C(=O)C(O)C1O. The molecular formula is C6H8O5. The molecule has 0 aromatic heterocycles. The van der Waals surface area contributed by atoms with Gasteiger partial charge in [-0.25, -0.2) is 4.79 Å². The van der Waals surface area contributed by atoms with Crippen LogP contribution in [0.3, 0.4) is 0 Å². The largest absolute Gasteiger partial charge is 0.454 e. The van der Waals surface area contributed by atoms with Gasteiger partial charge in [0.05, 0.1) is 0 Å². The van der Waals surface area contributed by atoms with E-state index in [1.54, 1.807) is 0 Å². The minimum Gasteiger partial charge on any atom is -0.454 e. The van der Waals surface area contributed by atoms with E-state index in [0.29, 0.717) is 0 Å². The number of aliphatic hydroxyl groups is 2. The summed E-state index contributed by atoms with van der Waals surface area (Å²) >= 11 is 0. The third-order valence-electron chi connectivity index (χ3n) is 1.57. The molecule has 1 rings (SSSR count). The first-order chi connectivity index (χ1) is 5.04. The molecule has 0 aliphatic carbocycles. The molecule has 0 spiro atoms. The highest BCUT2D eigenvalue weighted by Crippen LogP contribution is 2.12. The van der Waals surface area contributed by atoms with Crippen LogP contribution in [0, 0.1) is 0 Å². The molecule has 1 fully saturated rings. The van der Waals surface area contributed by atoms with Crippen LogP contribution in [0.15, 0.2) is 0 Å². The van der Waals surface area contributed by atoms with Crippen LogP contribution in [0.2, 0.25) is 0 Å². The molecule has 0 amide bonds. The monoisotopic (exact) mass is 160 g/mol. The van der Waals surface area contributed by atoms with Gasteiger partial charge in [-0.15, -0.1) is 0 Å². The number of carbonyl (C=O) groups excluding carboxylic acids is 2. The van der Waals surface area contributed by atoms with E-state index in [2.05, 4.69) is 4.74 Å². The summed E-state index contributed by atoms with van der Waals surface area (Å²) in [5, 5.41) is 17.9. The summed E-state index contributed by atoms with van der Waals surface area (Å²) in [6, 6.07) is 0. The van der Waals surface area contributed by atoms with Gasteiger partial charge in [-0.1, -0.05) is 0 Å². The van der Waals surface area contributed by atoms with Crippen molar-refractivity contribution in [2.45, 2.75) is 25.2 Å². The Hall–Kier alpha value is -0.940. The van der Waals surface area contributed by atoms with E-state index >= 15 is 0 Å². The zero-order valence-electron chi connectivity index (χ0n) is 5.85. The van der Waals surface area contributed by atoms with E-state index in [1.807, 2.05) is 0 Å². The highest BCUT2D eigenvalue weighted by Gasteiger charge is 2.41. The van der Waals surface area contributed by atoms with E-state index < -0.39 is 30.1 Å². The van der Waals surface area contributed by atoms with Crippen LogP contribution in [0.25, 0.3) is 0 Å². The lowest BCUT2D eigenvalue weighted by atomic mass is 10.0. The summed E-state index contributed by atoms with van der Waals surface area (Å²) in [5.41, 5.74) is 0. The van der Waals surface area contributed by atoms with Crippen molar-refractivity contribution in [1.82, 2.24) is 0 Å². The van der Waals surface area contributed by atoms with Crippen molar-refractivity contribution in [2.24, 2.45) is 0 Å². The van der Waals surface area contributed by atoms with Gasteiger partial charge < -0.3 is 14.9 Å². The predicted octanol–water partition coefficient (Wildman–Crippen LogP) is -1.78. The Morgan fingerprint density at radius 1 is 1.36 bits per heavy atom. The molecule has 1 heterocycles. The van der Waals surface area contributed by atoms with Crippen LogP contribution in [-0.4, -0.2) is 40.3 Å². The van der Waals surface area contributed by atoms with Crippen LogP contribution >= 0.6 is 0 Å². The van der Waals surface area contributed by atoms with Gasteiger partial charge in [-0.2, -0.15) is 0 Å². The van der Waals surface area contributed by atoms with Gasteiger partial charge in [0.15, 0.2) is 6.10 Å². The summed E-state index contributed by atoms with van der Waals surface area (Å²) in [6.07, 6.45) is -3.76. The highest BCUT2D eigenvalue weighted by molar-refractivity contribution is 6.36. The topological polar surface area (TPSA) is 83.8 Å². The molecule has 3 unspecified atom stereocenters. The zero-order chi connectivity index (χ0) is 8.59. The average molecular weight is 160 g/mol. The van der Waals surface area contributed by atoms with Gasteiger partial charge in [0.25, 0.3) is 5.78 Å². The number of aliphatic hydroxyl groups excluding tert-OH is 2. The summed E-state index contributed by atoms with van der Waals surface area (Å²) in [6.45, 7) is 1.40. The second-order valence-electron chi connectivity index (χ2n) is 2.41. The van der Waals surface area contributed by atoms with Crippen molar-refractivity contribution in [3.63, 3.8) is 0 Å². The lowest BCUT2D eigenvalue weighted by molar-refractivity contribution is -0.182. The third-order valence-corrected chi connectivity index (χ3v) is 1.57. The molecule has 1 saturated heterocycles. The zero-order valence-corrected chi connectivity index (χ0v) is 5.85. The summed E-state index contributed by atoms with van der Waals surface area (Å²) in [7, 11) is 0. The maximum absolute atomic E-state index is 10.6. The molecule has 1 aliphatic heterocycles. The quantitative estimate of drug-likeness (QED) is 0.323. The fraction of sp³-hybridized carbons (Fsp3) is 0.667. The number of Topliss-reactive ketones (excluding diaryl/α,β-unsaturated/α-hetero) is 1. The number of ether oxygens (including phenoxy) is 1. The van der Waals surface area contributed by atoms with Gasteiger partial charge in [0, 0.05) is 0 Å². The van der Waals surface area contributed by atoms with E-state index in [0.717, 1.165) is 0 Å². The molecule has 0 aromatic carbocycles. The van der Waals surface area contributed by atoms with Crippen molar-refractivity contribution < 1.29 is 24.5 Å². The first kappa shape index (κ1) is 8.16. The molecule has 5 heteroatoms. The summed E-state index contributed by atoms with van der Waals surface area (Å²) in [4.78, 5) is 21.1. The Bertz CT molecular complexity index is 199. The predicted molar refractivity (Wildman–Crippen MR) is 32.6 cm³/mol. The molecule has 0 aromatic rings. The smallest absolute Gasteiger partial charge is 0.377 e. The van der Waals surface area contributed by atoms with E-state index in [9.17, 15) is 9.59 Å². The maximum Gasteiger partial charge on any atom is 0.377 e. The van der Waals surface area contributed by atoms with E-state index in [4.69, 9.17) is 10.2 Å². The molecule has 3 atom stereocenters. The van der Waals surface area contributed by atoms with E-state index in [-0.39, 0.29) is 0 Å². The molecule has 1 aliphatic rings. The van der Waals surface area contributed by atoms with Crippen LogP contribution in [-0.2, 0) is 14.3 Å². The lowest BCUT2D eigenvalue weighted by Gasteiger charge is -2.27. The van der Waals surface area contributed by atoms with Crippen LogP contribution < -0.4 is 0 Å². The van der Waals surface area contributed by atoms with Crippen LogP contribution in [0.1, 0.15) is 6.92 Å². The third kappa shape index (κ3) is 1.24. The van der Waals surface area contributed by atoms with Gasteiger partial charge in [0.1, 0.15) is 12.2 Å². The molecule has 0 saturated carbocycles. The van der Waals surface area contributed by atoms with Crippen molar-refractivity contribution in [3.8, 4) is 0 Å². The van der Waals surface area contributed by atoms with Crippen molar-refractivity contribution >= 4 is 11.8 Å². The first-order valence-electron chi connectivity index (χ1n) is 3.15. The number of ketones is 1. The number of hydrogen-bond donors (Lipinski definition) is 2. The fourth-order valence-electron chi connectivity index (χ4n) is 0.829. The standard InChI is InChI=1S/C6H8O5/c1-2-3(7)4(8)5(9)6(10)11-2/h2-4,7-8H,1H3. The number of esters is 1. The lowest BCUT2D eigenvalue weighted by Crippen LogP contribution is -2.51. The first-order valence-corrected chi connectivity index (χ1v) is 3.15. The second-order valence-corrected chi connectivity index (χ2v) is 2.41. The highest BCUT2D eigenvalue weighted by atomic mass is 16.6. The molecule has 2 N–H and O–H groups in total. The van der Waals surface area contributed by atoms with Crippen LogP contribution in [0.4, 0.5) is 0 Å². The molecular weight excluding hydrogens is 152 g/mol. The molecule has 5 nitrogen and oxygen atoms in total. The number of cyclic esters (lactones) is 1. The van der Waals surface area contributed by atoms with Gasteiger partial charge in [-0.05, 0) is 6.92 Å². The Kier molecular flexibility index (Phi) is 1.92. The Balaban J connectivity index is 2.78. The number of carbonyl (C=O) groups is 2. The Morgan fingerprint density at radius 2 is 1.91 bits per heavy atom. The normalized spacial score (nSPS) is 38.6. The van der Waals surface area contributed by atoms with E-state index in [1.165, 1.54) is 6.92 Å². The molecule has 0 radical (unpaired) electrons. The minimum absolute atomic E-state index is 0.824. The fourth-order valence-corrected chi connectivity index (χ4v) is 0.829. The Morgan fingerprint density at radius 3 is 2.45 bits per heavy atom. The number of rotatable bonds is 0. The van der Waals surface area contributed by atoms with Crippen molar-refractivity contribution in [1.29, 1.82) is 0 Å². The summed E-state index contributed by atoms with van der Waals surface area (Å²) in [5.74, 6) is -2.18. The van der Waals surface area contributed by atoms with Gasteiger partial charge >= 0.3 is 5.97 Å². The number of hydrogen-bond acceptors (Lipinski definition) is 5. The maximum atomic E-state index is 10.6. The van der Waals surface area contributed by atoms with Crippen molar-refractivity contribution in [3.05, 3.63) is 0 Å². The van der Waals surface area contributed by atoms with Gasteiger partial charge in [0.2, 0.25) is 0 Å². The average Bonchev–Trinajstić information content (AvgIpc) is 1.97. The minimum atomic E-state index is -1.63. The second kappa shape index (κ2) is 2.60. The van der Waals surface area contributed by atoms with Gasteiger partial charge in [-0.3, -0.25) is 4.79 Å². The molecule has 11 heavy (non-hydrogen) atoms. The van der Waals surface area contributed by atoms with Crippen molar-refractivity contribution in [2.75, 3.05) is 0 Å². The Labute approximate surface area is 62.6 Å². The van der Waals surface area contributed by atoms with Crippen LogP contribution in [0.5, 0.6) is 0 Å².